The van der Waals surface area contributed by atoms with Gasteiger partial charge in [-0.15, -0.1) is 0 Å². The van der Waals surface area contributed by atoms with E-state index in [1.54, 1.807) is 7.11 Å². The van der Waals surface area contributed by atoms with Crippen molar-refractivity contribution in [2.45, 2.75) is 6.42 Å². The number of rotatable bonds is 2. The van der Waals surface area contributed by atoms with E-state index in [0.717, 1.165) is 12.5 Å². The first-order valence-electron chi connectivity index (χ1n) is 3.57. The van der Waals surface area contributed by atoms with Crippen molar-refractivity contribution in [1.29, 1.82) is 0 Å². The van der Waals surface area contributed by atoms with Crippen LogP contribution in [0.5, 0.6) is 0 Å². The van der Waals surface area contributed by atoms with Gasteiger partial charge in [0.15, 0.2) is 0 Å². The van der Waals surface area contributed by atoms with E-state index in [4.69, 9.17) is 4.74 Å². The molecule has 1 N–H and O–H groups in total. The van der Waals surface area contributed by atoms with E-state index >= 15 is 0 Å². The molecule has 1 aliphatic heterocycles. The zero-order chi connectivity index (χ0) is 6.32. The van der Waals surface area contributed by atoms with E-state index in [2.05, 4.69) is 5.32 Å². The number of ether oxygens (including phenoxy) is 1. The molecule has 0 amide bonds. The lowest BCUT2D eigenvalue weighted by Gasteiger charge is -2.07. The molecule has 1 heterocycles. The Hall–Kier alpha value is -0.0800. The summed E-state index contributed by atoms with van der Waals surface area (Å²) in [4.78, 5) is 0. The van der Waals surface area contributed by atoms with E-state index in [-0.39, 0.29) is 0 Å². The van der Waals surface area contributed by atoms with Crippen LogP contribution in [-0.4, -0.2) is 26.8 Å². The van der Waals surface area contributed by atoms with Crippen molar-refractivity contribution in [3.05, 3.63) is 0 Å². The number of fused-ring (bicyclic) bond motifs is 1. The van der Waals surface area contributed by atoms with Crippen molar-refractivity contribution in [3.8, 4) is 0 Å². The van der Waals surface area contributed by atoms with Crippen LogP contribution in [0, 0.1) is 11.3 Å². The molecule has 0 radical (unpaired) electrons. The monoisotopic (exact) mass is 127 g/mol. The van der Waals surface area contributed by atoms with Crippen LogP contribution in [0.2, 0.25) is 0 Å². The summed E-state index contributed by atoms with van der Waals surface area (Å²) in [6.45, 7) is 3.37. The number of nitrogens with one attached hydrogen (secondary N) is 1. The molecule has 2 heteroatoms. The second-order valence-corrected chi connectivity index (χ2v) is 3.33. The third kappa shape index (κ3) is 0.700. The summed E-state index contributed by atoms with van der Waals surface area (Å²) in [7, 11) is 1.79. The molecule has 0 aromatic heterocycles. The first-order chi connectivity index (χ1) is 4.37. The highest BCUT2D eigenvalue weighted by Crippen LogP contribution is 2.54. The Morgan fingerprint density at radius 1 is 1.78 bits per heavy atom. The summed E-state index contributed by atoms with van der Waals surface area (Å²) in [6, 6.07) is 0. The molecule has 52 valence electrons. The van der Waals surface area contributed by atoms with E-state index in [1.165, 1.54) is 19.5 Å². The molecule has 2 rings (SSSR count). The van der Waals surface area contributed by atoms with Gasteiger partial charge in [-0.3, -0.25) is 0 Å². The molecular formula is C7H13NO. The summed E-state index contributed by atoms with van der Waals surface area (Å²) >= 11 is 0. The van der Waals surface area contributed by atoms with E-state index in [0.29, 0.717) is 5.41 Å². The number of hydrogen-bond acceptors (Lipinski definition) is 2. The molecule has 2 fully saturated rings. The number of methoxy groups -OCH3 is 1. The Kier molecular flexibility index (Phi) is 1.08. The van der Waals surface area contributed by atoms with Crippen molar-refractivity contribution < 1.29 is 4.74 Å². The lowest BCUT2D eigenvalue weighted by Crippen LogP contribution is -2.19. The quantitative estimate of drug-likeness (QED) is 0.574. The minimum atomic E-state index is 0.578. The van der Waals surface area contributed by atoms with E-state index in [1.807, 2.05) is 0 Å². The molecule has 2 unspecified atom stereocenters. The predicted molar refractivity (Wildman–Crippen MR) is 35.3 cm³/mol. The molecule has 0 bridgehead atoms. The zero-order valence-electron chi connectivity index (χ0n) is 5.81. The lowest BCUT2D eigenvalue weighted by atomic mass is 10.1. The molecule has 2 atom stereocenters. The maximum atomic E-state index is 5.13. The molecule has 1 saturated carbocycles. The Bertz CT molecular complexity index is 126. The zero-order valence-corrected chi connectivity index (χ0v) is 5.81. The van der Waals surface area contributed by atoms with Crippen molar-refractivity contribution in [3.63, 3.8) is 0 Å². The summed E-state index contributed by atoms with van der Waals surface area (Å²) in [5.41, 5.74) is 0.578. The van der Waals surface area contributed by atoms with Crippen LogP contribution < -0.4 is 5.32 Å². The largest absolute Gasteiger partial charge is 0.384 e. The molecule has 2 aliphatic rings. The molecule has 9 heavy (non-hydrogen) atoms. The highest BCUT2D eigenvalue weighted by Gasteiger charge is 2.56. The van der Waals surface area contributed by atoms with Gasteiger partial charge < -0.3 is 10.1 Å². The van der Waals surface area contributed by atoms with Gasteiger partial charge in [-0.05, 0) is 18.9 Å². The van der Waals surface area contributed by atoms with Crippen molar-refractivity contribution in [2.24, 2.45) is 11.3 Å². The van der Waals surface area contributed by atoms with Crippen LogP contribution in [-0.2, 0) is 4.74 Å². The third-order valence-electron chi connectivity index (χ3n) is 2.66. The molecule has 0 aromatic rings. The van der Waals surface area contributed by atoms with Gasteiger partial charge in [0.05, 0.1) is 6.61 Å². The second kappa shape index (κ2) is 1.70. The van der Waals surface area contributed by atoms with Crippen molar-refractivity contribution in [2.75, 3.05) is 26.8 Å². The van der Waals surface area contributed by atoms with Crippen molar-refractivity contribution >= 4 is 0 Å². The minimum Gasteiger partial charge on any atom is -0.384 e. The van der Waals surface area contributed by atoms with Gasteiger partial charge >= 0.3 is 0 Å². The summed E-state index contributed by atoms with van der Waals surface area (Å²) < 4.78 is 5.13. The summed E-state index contributed by atoms with van der Waals surface area (Å²) in [5, 5.41) is 3.37. The molecule has 1 aliphatic carbocycles. The van der Waals surface area contributed by atoms with E-state index in [9.17, 15) is 0 Å². The van der Waals surface area contributed by atoms with Crippen LogP contribution in [0.25, 0.3) is 0 Å². The fourth-order valence-corrected chi connectivity index (χ4v) is 1.95. The summed E-state index contributed by atoms with van der Waals surface area (Å²) in [6.07, 6.45) is 1.40. The maximum Gasteiger partial charge on any atom is 0.0534 e. The van der Waals surface area contributed by atoms with Gasteiger partial charge in [0.1, 0.15) is 0 Å². The Balaban J connectivity index is 1.95. The Labute approximate surface area is 55.6 Å². The van der Waals surface area contributed by atoms with Gasteiger partial charge in [-0.25, -0.2) is 0 Å². The predicted octanol–water partition coefficient (Wildman–Crippen LogP) is 0.242. The van der Waals surface area contributed by atoms with Crippen LogP contribution in [0.15, 0.2) is 0 Å². The van der Waals surface area contributed by atoms with Gasteiger partial charge in [0, 0.05) is 19.1 Å². The minimum absolute atomic E-state index is 0.578. The van der Waals surface area contributed by atoms with Gasteiger partial charge in [-0.2, -0.15) is 0 Å². The standard InChI is InChI=1S/C7H13NO/c1-9-5-7-2-6(7)3-8-4-7/h6,8H,2-5H2,1H3. The topological polar surface area (TPSA) is 21.3 Å². The fourth-order valence-electron chi connectivity index (χ4n) is 1.95. The molecule has 0 aromatic carbocycles. The summed E-state index contributed by atoms with van der Waals surface area (Å²) in [5.74, 6) is 0.942. The SMILES string of the molecule is COCC12CNCC1C2. The highest BCUT2D eigenvalue weighted by atomic mass is 16.5. The first-order valence-corrected chi connectivity index (χ1v) is 3.57. The van der Waals surface area contributed by atoms with Crippen LogP contribution >= 0.6 is 0 Å². The first kappa shape index (κ1) is 5.69. The molecule has 1 saturated heterocycles. The number of piperidine rings is 1. The van der Waals surface area contributed by atoms with Crippen molar-refractivity contribution in [1.82, 2.24) is 5.32 Å². The normalized spacial score (nSPS) is 47.0. The molecule has 0 spiro atoms. The molecular weight excluding hydrogens is 114 g/mol. The Morgan fingerprint density at radius 2 is 2.67 bits per heavy atom. The van der Waals surface area contributed by atoms with E-state index < -0.39 is 0 Å². The third-order valence-corrected chi connectivity index (χ3v) is 2.66. The van der Waals surface area contributed by atoms with Gasteiger partial charge in [0.25, 0.3) is 0 Å². The smallest absolute Gasteiger partial charge is 0.0534 e. The number of hydrogen-bond donors (Lipinski definition) is 1. The molecule has 2 nitrogen and oxygen atoms in total. The fraction of sp³-hybridized carbons (Fsp3) is 1.00. The maximum absolute atomic E-state index is 5.13. The van der Waals surface area contributed by atoms with Gasteiger partial charge in [0.2, 0.25) is 0 Å². The van der Waals surface area contributed by atoms with Crippen LogP contribution in [0.3, 0.4) is 0 Å². The average Bonchev–Trinajstić information content (AvgIpc) is 2.37. The second-order valence-electron chi connectivity index (χ2n) is 3.33. The lowest BCUT2D eigenvalue weighted by molar-refractivity contribution is 0.143. The van der Waals surface area contributed by atoms with Crippen LogP contribution in [0.1, 0.15) is 6.42 Å². The Morgan fingerprint density at radius 3 is 3.11 bits per heavy atom. The van der Waals surface area contributed by atoms with Gasteiger partial charge in [-0.1, -0.05) is 0 Å². The highest BCUT2D eigenvalue weighted by molar-refractivity contribution is 5.09. The average molecular weight is 127 g/mol. The van der Waals surface area contributed by atoms with Crippen LogP contribution in [0.4, 0.5) is 0 Å².